The Hall–Kier alpha value is -1.55. The molecule has 0 saturated carbocycles. The van der Waals surface area contributed by atoms with Crippen molar-refractivity contribution >= 4 is 11.6 Å². The zero-order valence-corrected chi connectivity index (χ0v) is 12.1. The zero-order chi connectivity index (χ0) is 14.1. The van der Waals surface area contributed by atoms with E-state index in [1.54, 1.807) is 0 Å². The van der Waals surface area contributed by atoms with Crippen LogP contribution in [-0.2, 0) is 11.2 Å². The summed E-state index contributed by atoms with van der Waals surface area (Å²) in [5.41, 5.74) is 12.5. The van der Waals surface area contributed by atoms with Crippen molar-refractivity contribution in [1.29, 1.82) is 0 Å². The molecule has 1 fully saturated rings. The van der Waals surface area contributed by atoms with Crippen LogP contribution >= 0.6 is 0 Å². The number of aryl methyl sites for hydroxylation is 1. The van der Waals surface area contributed by atoms with Crippen molar-refractivity contribution in [3.05, 3.63) is 29.3 Å². The molecule has 4 heteroatoms. The van der Waals surface area contributed by atoms with E-state index in [-0.39, 0.29) is 5.91 Å². The highest BCUT2D eigenvalue weighted by molar-refractivity contribution is 5.76. The fourth-order valence-electron chi connectivity index (χ4n) is 3.56. The molecular formula is C16H23N3O. The molecule has 2 aliphatic rings. The van der Waals surface area contributed by atoms with Gasteiger partial charge in [-0.1, -0.05) is 19.4 Å². The van der Waals surface area contributed by atoms with Crippen LogP contribution in [0.1, 0.15) is 49.8 Å². The Labute approximate surface area is 120 Å². The molecule has 1 aromatic carbocycles. The van der Waals surface area contributed by atoms with Crippen LogP contribution in [0, 0.1) is 5.92 Å². The van der Waals surface area contributed by atoms with E-state index in [2.05, 4.69) is 29.5 Å². The molecule has 20 heavy (non-hydrogen) atoms. The molecule has 1 saturated heterocycles. The van der Waals surface area contributed by atoms with Gasteiger partial charge >= 0.3 is 0 Å². The molecule has 0 aromatic heterocycles. The average molecular weight is 273 g/mol. The fourth-order valence-corrected chi connectivity index (χ4v) is 3.56. The molecule has 1 aliphatic heterocycles. The predicted octanol–water partition coefficient (Wildman–Crippen LogP) is 2.41. The topological polar surface area (TPSA) is 58.4 Å². The summed E-state index contributed by atoms with van der Waals surface area (Å²) in [7, 11) is 0. The molecule has 3 rings (SSSR count). The fraction of sp³-hybridized carbons (Fsp3) is 0.562. The molecule has 2 atom stereocenters. The van der Waals surface area contributed by atoms with Gasteiger partial charge in [0.25, 0.3) is 0 Å². The van der Waals surface area contributed by atoms with Gasteiger partial charge < -0.3 is 5.73 Å². The number of benzene rings is 1. The molecule has 3 N–H and O–H groups in total. The van der Waals surface area contributed by atoms with Gasteiger partial charge in [-0.15, -0.1) is 0 Å². The second kappa shape index (κ2) is 5.44. The summed E-state index contributed by atoms with van der Waals surface area (Å²) < 4.78 is 0. The van der Waals surface area contributed by atoms with Crippen molar-refractivity contribution in [3.63, 3.8) is 0 Å². The summed E-state index contributed by atoms with van der Waals surface area (Å²) in [5.74, 6) is 0.609. The number of rotatable bonds is 3. The van der Waals surface area contributed by atoms with Crippen molar-refractivity contribution in [2.45, 2.75) is 45.1 Å². The maximum absolute atomic E-state index is 11.9. The Bertz CT molecular complexity index is 514. The minimum atomic E-state index is 0.168. The first-order chi connectivity index (χ1) is 9.69. The van der Waals surface area contributed by atoms with Crippen LogP contribution in [-0.4, -0.2) is 17.5 Å². The summed E-state index contributed by atoms with van der Waals surface area (Å²) in [6.45, 7) is 3.10. The normalized spacial score (nSPS) is 25.8. The number of carbonyl (C=O) groups is 1. The summed E-state index contributed by atoms with van der Waals surface area (Å²) >= 11 is 0. The first-order valence-electron chi connectivity index (χ1n) is 7.63. The SMILES string of the molecule is CCCCN1NC(=O)CC2CCc3cc(N)ccc3C21. The number of nitrogen functional groups attached to an aromatic ring is 1. The maximum atomic E-state index is 11.9. The lowest BCUT2D eigenvalue weighted by atomic mass is 9.76. The highest BCUT2D eigenvalue weighted by atomic mass is 16.2. The van der Waals surface area contributed by atoms with Gasteiger partial charge in [0.2, 0.25) is 5.91 Å². The lowest BCUT2D eigenvalue weighted by Gasteiger charge is -2.44. The van der Waals surface area contributed by atoms with E-state index < -0.39 is 0 Å². The Morgan fingerprint density at radius 1 is 1.45 bits per heavy atom. The number of nitrogens with two attached hydrogens (primary N) is 1. The summed E-state index contributed by atoms with van der Waals surface area (Å²) in [6, 6.07) is 6.55. The van der Waals surface area contributed by atoms with Gasteiger partial charge in [-0.3, -0.25) is 10.2 Å². The van der Waals surface area contributed by atoms with E-state index in [0.29, 0.717) is 18.4 Å². The predicted molar refractivity (Wildman–Crippen MR) is 79.8 cm³/mol. The van der Waals surface area contributed by atoms with Gasteiger partial charge in [0.15, 0.2) is 0 Å². The quantitative estimate of drug-likeness (QED) is 0.831. The van der Waals surface area contributed by atoms with E-state index in [1.807, 2.05) is 6.07 Å². The standard InChI is InChI=1S/C16H23N3O/c1-2-3-8-19-16-12(10-15(20)18-19)5-4-11-9-13(17)6-7-14(11)16/h6-7,9,12,16H,2-5,8,10,17H2,1H3,(H,18,20). The number of nitrogens with zero attached hydrogens (tertiary/aromatic N) is 1. The molecule has 1 aliphatic carbocycles. The number of nitrogens with one attached hydrogen (secondary N) is 1. The van der Waals surface area contributed by atoms with E-state index in [0.717, 1.165) is 37.9 Å². The molecule has 1 amide bonds. The van der Waals surface area contributed by atoms with E-state index in [1.165, 1.54) is 11.1 Å². The van der Waals surface area contributed by atoms with Gasteiger partial charge in [-0.05, 0) is 48.4 Å². The number of unbranched alkanes of at least 4 members (excludes halogenated alkanes) is 1. The second-order valence-electron chi connectivity index (χ2n) is 5.99. The van der Waals surface area contributed by atoms with Gasteiger partial charge in [-0.25, -0.2) is 5.01 Å². The number of amides is 1. The number of hydrogen-bond donors (Lipinski definition) is 2. The number of fused-ring (bicyclic) bond motifs is 3. The van der Waals surface area contributed by atoms with Crippen molar-refractivity contribution in [1.82, 2.24) is 10.4 Å². The third-order valence-corrected chi connectivity index (χ3v) is 4.52. The van der Waals surface area contributed by atoms with Crippen LogP contribution in [0.2, 0.25) is 0 Å². The van der Waals surface area contributed by atoms with Gasteiger partial charge in [0, 0.05) is 18.7 Å². The molecule has 1 aromatic rings. The van der Waals surface area contributed by atoms with Crippen molar-refractivity contribution in [3.8, 4) is 0 Å². The molecule has 4 nitrogen and oxygen atoms in total. The Kier molecular flexibility index (Phi) is 3.66. The minimum absolute atomic E-state index is 0.168. The molecule has 0 spiro atoms. The Balaban J connectivity index is 1.93. The third-order valence-electron chi connectivity index (χ3n) is 4.52. The highest BCUT2D eigenvalue weighted by Crippen LogP contribution is 2.42. The van der Waals surface area contributed by atoms with Gasteiger partial charge in [0.1, 0.15) is 0 Å². The van der Waals surface area contributed by atoms with Crippen LogP contribution < -0.4 is 11.2 Å². The van der Waals surface area contributed by atoms with Crippen molar-refractivity contribution in [2.75, 3.05) is 12.3 Å². The summed E-state index contributed by atoms with van der Waals surface area (Å²) in [5, 5.41) is 2.16. The van der Waals surface area contributed by atoms with Crippen molar-refractivity contribution in [2.24, 2.45) is 5.92 Å². The summed E-state index contributed by atoms with van der Waals surface area (Å²) in [4.78, 5) is 11.9. The zero-order valence-electron chi connectivity index (χ0n) is 12.1. The van der Waals surface area contributed by atoms with Gasteiger partial charge in [0.05, 0.1) is 6.04 Å². The number of anilines is 1. The molecule has 0 radical (unpaired) electrons. The van der Waals surface area contributed by atoms with Crippen LogP contribution in [0.3, 0.4) is 0 Å². The largest absolute Gasteiger partial charge is 0.399 e. The number of hydrazine groups is 1. The second-order valence-corrected chi connectivity index (χ2v) is 5.99. The third kappa shape index (κ3) is 2.40. The number of hydrogen-bond acceptors (Lipinski definition) is 3. The molecular weight excluding hydrogens is 250 g/mol. The lowest BCUT2D eigenvalue weighted by Crippen LogP contribution is -2.53. The average Bonchev–Trinajstić information content (AvgIpc) is 2.44. The van der Waals surface area contributed by atoms with Crippen LogP contribution in [0.15, 0.2) is 18.2 Å². The monoisotopic (exact) mass is 273 g/mol. The van der Waals surface area contributed by atoms with Crippen LogP contribution in [0.5, 0.6) is 0 Å². The highest BCUT2D eigenvalue weighted by Gasteiger charge is 2.39. The Morgan fingerprint density at radius 2 is 2.30 bits per heavy atom. The minimum Gasteiger partial charge on any atom is -0.399 e. The number of carbonyl (C=O) groups excluding carboxylic acids is 1. The van der Waals surface area contributed by atoms with E-state index in [9.17, 15) is 4.79 Å². The molecule has 1 heterocycles. The van der Waals surface area contributed by atoms with E-state index >= 15 is 0 Å². The first kappa shape index (κ1) is 13.4. The summed E-state index contributed by atoms with van der Waals surface area (Å²) in [6.07, 6.45) is 5.01. The maximum Gasteiger partial charge on any atom is 0.234 e. The molecule has 0 bridgehead atoms. The van der Waals surface area contributed by atoms with Crippen LogP contribution in [0.4, 0.5) is 5.69 Å². The smallest absolute Gasteiger partial charge is 0.234 e. The molecule has 2 unspecified atom stereocenters. The Morgan fingerprint density at radius 3 is 3.10 bits per heavy atom. The van der Waals surface area contributed by atoms with Crippen LogP contribution in [0.25, 0.3) is 0 Å². The van der Waals surface area contributed by atoms with Gasteiger partial charge in [-0.2, -0.15) is 0 Å². The van der Waals surface area contributed by atoms with Crippen molar-refractivity contribution < 1.29 is 4.79 Å². The van der Waals surface area contributed by atoms with E-state index in [4.69, 9.17) is 5.73 Å². The lowest BCUT2D eigenvalue weighted by molar-refractivity contribution is -0.135. The first-order valence-corrected chi connectivity index (χ1v) is 7.63. The molecule has 108 valence electrons.